The number of carboxylic acid groups (broad SMARTS) is 1. The van der Waals surface area contributed by atoms with Crippen molar-refractivity contribution in [1.82, 2.24) is 0 Å². The zero-order valence-electron chi connectivity index (χ0n) is 14.3. The fourth-order valence-electron chi connectivity index (χ4n) is 2.76. The normalized spacial score (nSPS) is 16.9. The third-order valence-corrected chi connectivity index (χ3v) is 6.09. The van der Waals surface area contributed by atoms with Gasteiger partial charge in [0, 0.05) is 12.0 Å². The molecule has 27 heavy (non-hydrogen) atoms. The molecular weight excluding hydrogens is 374 g/mol. The van der Waals surface area contributed by atoms with Crippen LogP contribution in [0.5, 0.6) is 11.5 Å². The first kappa shape index (κ1) is 18.9. The van der Waals surface area contributed by atoms with Crippen LogP contribution in [0.3, 0.4) is 0 Å². The van der Waals surface area contributed by atoms with Crippen molar-refractivity contribution >= 4 is 21.6 Å². The molecule has 0 spiro atoms. The van der Waals surface area contributed by atoms with E-state index in [9.17, 15) is 18.0 Å². The summed E-state index contributed by atoms with van der Waals surface area (Å²) < 4.78 is 35.5. The van der Waals surface area contributed by atoms with E-state index in [-0.39, 0.29) is 16.9 Å². The first-order chi connectivity index (χ1) is 12.7. The summed E-state index contributed by atoms with van der Waals surface area (Å²) in [5.41, 5.74) is 6.35. The highest BCUT2D eigenvalue weighted by Crippen LogP contribution is 2.30. The molecule has 0 radical (unpaired) electrons. The molecule has 142 valence electrons. The molecule has 0 aliphatic carbocycles. The van der Waals surface area contributed by atoms with E-state index < -0.39 is 33.1 Å². The van der Waals surface area contributed by atoms with Gasteiger partial charge in [-0.2, -0.15) is 0 Å². The number of carbonyl (C=O) groups excluding carboxylic acids is 1. The lowest BCUT2D eigenvalue weighted by molar-refractivity contribution is -0.144. The van der Waals surface area contributed by atoms with E-state index in [1.807, 2.05) is 0 Å². The Bertz CT molecular complexity index is 999. The van der Waals surface area contributed by atoms with Crippen molar-refractivity contribution in [2.24, 2.45) is 5.73 Å². The maximum atomic E-state index is 12.6. The molecule has 0 saturated heterocycles. The van der Waals surface area contributed by atoms with Gasteiger partial charge in [-0.3, -0.25) is 4.79 Å². The monoisotopic (exact) mass is 391 g/mol. The lowest BCUT2D eigenvalue weighted by atomic mass is 10.0. The van der Waals surface area contributed by atoms with Crippen LogP contribution >= 0.6 is 0 Å². The maximum Gasteiger partial charge on any atom is 0.345 e. The molecule has 2 unspecified atom stereocenters. The van der Waals surface area contributed by atoms with Crippen molar-refractivity contribution in [3.05, 3.63) is 53.6 Å². The molecule has 0 fully saturated rings. The van der Waals surface area contributed by atoms with Crippen LogP contribution in [0.1, 0.15) is 15.9 Å². The highest BCUT2D eigenvalue weighted by molar-refractivity contribution is 7.92. The SMILES string of the molecule is COc1ccc(S(=O)(=O)C(N)C(=O)c2ccc3c(c2)CC(C(=O)O)O3)cc1. The Morgan fingerprint density at radius 2 is 1.89 bits per heavy atom. The van der Waals surface area contributed by atoms with Crippen molar-refractivity contribution < 1.29 is 32.6 Å². The number of hydrogen-bond acceptors (Lipinski definition) is 7. The van der Waals surface area contributed by atoms with Crippen LogP contribution in [0.4, 0.5) is 0 Å². The molecular formula is C18H17NO7S. The molecule has 2 aromatic carbocycles. The second kappa shape index (κ2) is 7.01. The molecule has 2 atom stereocenters. The van der Waals surface area contributed by atoms with Gasteiger partial charge in [0.1, 0.15) is 11.5 Å². The average molecular weight is 391 g/mol. The molecule has 3 N–H and O–H groups in total. The van der Waals surface area contributed by atoms with Gasteiger partial charge in [-0.05, 0) is 48.0 Å². The van der Waals surface area contributed by atoms with Crippen LogP contribution < -0.4 is 15.2 Å². The number of aliphatic carboxylic acids is 1. The number of carbonyl (C=O) groups is 2. The molecule has 1 aliphatic heterocycles. The van der Waals surface area contributed by atoms with Gasteiger partial charge in [0.15, 0.2) is 17.3 Å². The molecule has 3 rings (SSSR count). The van der Waals surface area contributed by atoms with E-state index in [1.165, 1.54) is 49.6 Å². The van der Waals surface area contributed by atoms with Gasteiger partial charge in [-0.25, -0.2) is 13.2 Å². The summed E-state index contributed by atoms with van der Waals surface area (Å²) in [4.78, 5) is 23.6. The molecule has 0 aromatic heterocycles. The van der Waals surface area contributed by atoms with Crippen molar-refractivity contribution in [1.29, 1.82) is 0 Å². The minimum Gasteiger partial charge on any atom is -0.497 e. The summed E-state index contributed by atoms with van der Waals surface area (Å²) in [5.74, 6) is -1.07. The fourth-order valence-corrected chi connectivity index (χ4v) is 3.98. The van der Waals surface area contributed by atoms with E-state index >= 15 is 0 Å². The Kier molecular flexibility index (Phi) is 4.90. The predicted molar refractivity (Wildman–Crippen MR) is 94.7 cm³/mol. The molecule has 0 amide bonds. The average Bonchev–Trinajstić information content (AvgIpc) is 3.10. The Morgan fingerprint density at radius 1 is 1.22 bits per heavy atom. The number of carboxylic acids is 1. The highest BCUT2D eigenvalue weighted by atomic mass is 32.2. The van der Waals surface area contributed by atoms with Gasteiger partial charge in [-0.15, -0.1) is 0 Å². The second-order valence-corrected chi connectivity index (χ2v) is 8.05. The Morgan fingerprint density at radius 3 is 2.48 bits per heavy atom. The summed E-state index contributed by atoms with van der Waals surface area (Å²) in [5, 5.41) is 7.23. The fraction of sp³-hybridized carbons (Fsp3) is 0.222. The molecule has 0 bridgehead atoms. The van der Waals surface area contributed by atoms with Gasteiger partial charge >= 0.3 is 5.97 Å². The Hall–Kier alpha value is -2.91. The van der Waals surface area contributed by atoms with Crippen LogP contribution in [0.2, 0.25) is 0 Å². The third kappa shape index (κ3) is 3.51. The number of fused-ring (bicyclic) bond motifs is 1. The number of rotatable bonds is 6. The third-order valence-electron chi connectivity index (χ3n) is 4.28. The van der Waals surface area contributed by atoms with Crippen LogP contribution in [-0.4, -0.2) is 43.9 Å². The number of hydrogen-bond donors (Lipinski definition) is 2. The number of methoxy groups -OCH3 is 1. The Balaban J connectivity index is 1.85. The van der Waals surface area contributed by atoms with E-state index in [0.29, 0.717) is 17.1 Å². The number of benzene rings is 2. The zero-order chi connectivity index (χ0) is 19.8. The number of Topliss-reactive ketones (excluding diaryl/α,β-unsaturated/α-hetero) is 1. The number of sulfone groups is 1. The van der Waals surface area contributed by atoms with E-state index in [2.05, 4.69) is 0 Å². The highest BCUT2D eigenvalue weighted by Gasteiger charge is 2.33. The molecule has 1 aliphatic rings. The smallest absolute Gasteiger partial charge is 0.345 e. The molecule has 0 saturated carbocycles. The number of ketones is 1. The molecule has 8 nitrogen and oxygen atoms in total. The van der Waals surface area contributed by atoms with Gasteiger partial charge in [-0.1, -0.05) is 0 Å². The quantitative estimate of drug-likeness (QED) is 0.698. The molecule has 2 aromatic rings. The topological polar surface area (TPSA) is 133 Å². The summed E-state index contributed by atoms with van der Waals surface area (Å²) in [6.07, 6.45) is -0.936. The summed E-state index contributed by atoms with van der Waals surface area (Å²) >= 11 is 0. The molecule has 1 heterocycles. The van der Waals surface area contributed by atoms with Crippen molar-refractivity contribution in [2.75, 3.05) is 7.11 Å². The van der Waals surface area contributed by atoms with Crippen molar-refractivity contribution in [2.45, 2.75) is 22.8 Å². The van der Waals surface area contributed by atoms with Crippen LogP contribution in [0.15, 0.2) is 47.4 Å². The van der Waals surface area contributed by atoms with Gasteiger partial charge in [0.25, 0.3) is 0 Å². The van der Waals surface area contributed by atoms with Gasteiger partial charge in [0.05, 0.1) is 12.0 Å². The van der Waals surface area contributed by atoms with E-state index in [1.54, 1.807) is 0 Å². The van der Waals surface area contributed by atoms with Crippen LogP contribution in [-0.2, 0) is 21.1 Å². The van der Waals surface area contributed by atoms with Crippen LogP contribution in [0.25, 0.3) is 0 Å². The second-order valence-electron chi connectivity index (χ2n) is 5.98. The first-order valence-corrected chi connectivity index (χ1v) is 9.49. The lowest BCUT2D eigenvalue weighted by Gasteiger charge is -2.13. The van der Waals surface area contributed by atoms with Gasteiger partial charge in [0.2, 0.25) is 9.84 Å². The molecule has 9 heteroatoms. The lowest BCUT2D eigenvalue weighted by Crippen LogP contribution is -2.38. The first-order valence-electron chi connectivity index (χ1n) is 7.94. The minimum absolute atomic E-state index is 0.0768. The zero-order valence-corrected chi connectivity index (χ0v) is 15.1. The Labute approximate surface area is 155 Å². The van der Waals surface area contributed by atoms with Gasteiger partial charge < -0.3 is 20.3 Å². The minimum atomic E-state index is -4.10. The standard InChI is InChI=1S/C18H17NO7S/c1-25-12-3-5-13(6-4-12)27(23,24)17(19)16(20)10-2-7-14-11(8-10)9-15(26-14)18(21)22/h2-8,15,17H,9,19H2,1H3,(H,21,22). The maximum absolute atomic E-state index is 12.6. The number of ether oxygens (including phenoxy) is 2. The number of nitrogens with two attached hydrogens (primary N) is 1. The van der Waals surface area contributed by atoms with Crippen molar-refractivity contribution in [3.8, 4) is 11.5 Å². The van der Waals surface area contributed by atoms with E-state index in [0.717, 1.165) is 0 Å². The van der Waals surface area contributed by atoms with E-state index in [4.69, 9.17) is 20.3 Å². The van der Waals surface area contributed by atoms with Crippen molar-refractivity contribution in [3.63, 3.8) is 0 Å². The summed E-state index contributed by atoms with van der Waals surface area (Å²) in [6.45, 7) is 0. The van der Waals surface area contributed by atoms with Crippen LogP contribution in [0, 0.1) is 0 Å². The largest absolute Gasteiger partial charge is 0.497 e. The summed E-state index contributed by atoms with van der Waals surface area (Å²) in [6, 6.07) is 9.79. The predicted octanol–water partition coefficient (Wildman–Crippen LogP) is 1.02. The summed E-state index contributed by atoms with van der Waals surface area (Å²) in [7, 11) is -2.65.